The summed E-state index contributed by atoms with van der Waals surface area (Å²) >= 11 is 1.42. The van der Waals surface area contributed by atoms with Crippen molar-refractivity contribution < 1.29 is 4.79 Å². The minimum Gasteiger partial charge on any atom is -0.378 e. The molecule has 29 heavy (non-hydrogen) atoms. The van der Waals surface area contributed by atoms with Crippen LogP contribution in [0.2, 0.25) is 0 Å². The molecule has 0 saturated heterocycles. The van der Waals surface area contributed by atoms with E-state index in [0.717, 1.165) is 16.9 Å². The van der Waals surface area contributed by atoms with E-state index in [1.807, 2.05) is 60.8 Å². The van der Waals surface area contributed by atoms with Gasteiger partial charge >= 0.3 is 0 Å². The van der Waals surface area contributed by atoms with E-state index in [1.165, 1.54) is 22.5 Å². The molecule has 4 aromatic rings. The maximum absolute atomic E-state index is 12.6. The first-order chi connectivity index (χ1) is 14.1. The number of amides is 1. The topological polar surface area (TPSA) is 45.2 Å². The van der Waals surface area contributed by atoms with Crippen LogP contribution in [-0.4, -0.2) is 25.0 Å². The number of benzene rings is 3. The maximum atomic E-state index is 12.6. The summed E-state index contributed by atoms with van der Waals surface area (Å²) in [6.45, 7) is 0. The van der Waals surface area contributed by atoms with Crippen molar-refractivity contribution in [1.29, 1.82) is 0 Å². The summed E-state index contributed by atoms with van der Waals surface area (Å²) < 4.78 is 0. The van der Waals surface area contributed by atoms with Gasteiger partial charge in [-0.05, 0) is 29.3 Å². The number of nitrogens with zero attached hydrogens (tertiary/aromatic N) is 2. The van der Waals surface area contributed by atoms with E-state index < -0.39 is 0 Å². The van der Waals surface area contributed by atoms with E-state index in [1.54, 1.807) is 6.07 Å². The molecule has 0 unspecified atom stereocenters. The van der Waals surface area contributed by atoms with E-state index in [9.17, 15) is 4.79 Å². The highest BCUT2D eigenvalue weighted by Gasteiger charge is 2.11. The van der Waals surface area contributed by atoms with Crippen LogP contribution in [0.15, 0.2) is 84.2 Å². The molecule has 4 nitrogen and oxygen atoms in total. The summed E-state index contributed by atoms with van der Waals surface area (Å²) in [5.41, 5.74) is 5.82. The molecule has 0 fully saturated rings. The average Bonchev–Trinajstić information content (AvgIpc) is 3.23. The minimum atomic E-state index is -0.158. The van der Waals surface area contributed by atoms with Crippen molar-refractivity contribution in [3.8, 4) is 22.4 Å². The zero-order valence-electron chi connectivity index (χ0n) is 16.3. The molecule has 0 radical (unpaired) electrons. The Kier molecular flexibility index (Phi) is 5.40. The molecule has 0 bridgehead atoms. The van der Waals surface area contributed by atoms with Gasteiger partial charge in [0, 0.05) is 36.3 Å². The van der Waals surface area contributed by atoms with E-state index in [2.05, 4.69) is 46.7 Å². The van der Waals surface area contributed by atoms with Crippen LogP contribution >= 0.6 is 11.3 Å². The summed E-state index contributed by atoms with van der Waals surface area (Å²) in [5, 5.41) is 5.45. The molecule has 0 saturated carbocycles. The van der Waals surface area contributed by atoms with Crippen LogP contribution in [0.4, 0.5) is 10.8 Å². The molecule has 0 aliphatic carbocycles. The van der Waals surface area contributed by atoms with Crippen LogP contribution < -0.4 is 10.2 Å². The Morgan fingerprint density at radius 1 is 0.862 bits per heavy atom. The average molecular weight is 400 g/mol. The monoisotopic (exact) mass is 399 g/mol. The van der Waals surface area contributed by atoms with Crippen molar-refractivity contribution >= 4 is 28.1 Å². The first-order valence-corrected chi connectivity index (χ1v) is 10.2. The van der Waals surface area contributed by atoms with Gasteiger partial charge in [0.15, 0.2) is 5.13 Å². The highest BCUT2D eigenvalue weighted by Crippen LogP contribution is 2.28. The quantitative estimate of drug-likeness (QED) is 0.462. The number of hydrogen-bond donors (Lipinski definition) is 1. The molecule has 0 aliphatic rings. The summed E-state index contributed by atoms with van der Waals surface area (Å²) in [4.78, 5) is 19.1. The van der Waals surface area contributed by atoms with Gasteiger partial charge < -0.3 is 4.90 Å². The highest BCUT2D eigenvalue weighted by atomic mass is 32.1. The van der Waals surface area contributed by atoms with Gasteiger partial charge in [-0.3, -0.25) is 10.1 Å². The van der Waals surface area contributed by atoms with Gasteiger partial charge in [0.1, 0.15) is 0 Å². The molecule has 0 aliphatic heterocycles. The Labute approximate surface area is 174 Å². The largest absolute Gasteiger partial charge is 0.378 e. The normalized spacial score (nSPS) is 10.6. The zero-order valence-corrected chi connectivity index (χ0v) is 17.1. The number of aromatic nitrogens is 1. The van der Waals surface area contributed by atoms with Crippen molar-refractivity contribution in [2.75, 3.05) is 24.3 Å². The second-order valence-corrected chi connectivity index (χ2v) is 7.74. The van der Waals surface area contributed by atoms with Crippen LogP contribution in [0.3, 0.4) is 0 Å². The molecule has 5 heteroatoms. The number of hydrogen-bond acceptors (Lipinski definition) is 4. The number of nitrogens with one attached hydrogen (secondary N) is 1. The molecule has 0 atom stereocenters. The summed E-state index contributed by atoms with van der Waals surface area (Å²) in [6, 6.07) is 26.1. The first-order valence-electron chi connectivity index (χ1n) is 9.30. The molecule has 144 valence electrons. The van der Waals surface area contributed by atoms with Gasteiger partial charge in [-0.2, -0.15) is 0 Å². The molecule has 3 aromatic carbocycles. The Bertz CT molecular complexity index is 1120. The number of carbonyl (C=O) groups is 1. The van der Waals surface area contributed by atoms with E-state index >= 15 is 0 Å². The lowest BCUT2D eigenvalue weighted by molar-refractivity contribution is 0.102. The smallest absolute Gasteiger partial charge is 0.257 e. The molecule has 1 aromatic heterocycles. The standard InChI is InChI=1S/C24H21N3OS/c1-27(2)21-10-6-9-20(15-21)23(28)26-24-25-22(16-29-24)19-13-11-18(12-14-19)17-7-4-3-5-8-17/h3-16H,1-2H3,(H,25,26,28). The summed E-state index contributed by atoms with van der Waals surface area (Å²) in [6.07, 6.45) is 0. The Morgan fingerprint density at radius 2 is 1.55 bits per heavy atom. The Hall–Kier alpha value is -3.44. The fourth-order valence-electron chi connectivity index (χ4n) is 3.02. The number of thiazole rings is 1. The third kappa shape index (κ3) is 4.36. The highest BCUT2D eigenvalue weighted by molar-refractivity contribution is 7.14. The van der Waals surface area contributed by atoms with Gasteiger partial charge in [-0.1, -0.05) is 60.7 Å². The Balaban J connectivity index is 1.48. The van der Waals surface area contributed by atoms with Gasteiger partial charge in [-0.15, -0.1) is 11.3 Å². The van der Waals surface area contributed by atoms with E-state index in [-0.39, 0.29) is 5.91 Å². The fourth-order valence-corrected chi connectivity index (χ4v) is 3.74. The first kappa shape index (κ1) is 18.9. The SMILES string of the molecule is CN(C)c1cccc(C(=O)Nc2nc(-c3ccc(-c4ccccc4)cc3)cs2)c1. The number of carbonyl (C=O) groups excluding carboxylic acids is 1. The van der Waals surface area contributed by atoms with Crippen LogP contribution in [0, 0.1) is 0 Å². The molecule has 1 heterocycles. The van der Waals surface area contributed by atoms with Crippen LogP contribution in [0.5, 0.6) is 0 Å². The Morgan fingerprint density at radius 3 is 2.28 bits per heavy atom. The molecule has 0 spiro atoms. The van der Waals surface area contributed by atoms with Crippen LogP contribution in [-0.2, 0) is 0 Å². The molecule has 4 rings (SSSR count). The van der Waals surface area contributed by atoms with Crippen molar-refractivity contribution in [3.05, 3.63) is 89.8 Å². The third-order valence-electron chi connectivity index (χ3n) is 4.64. The van der Waals surface area contributed by atoms with Crippen molar-refractivity contribution in [1.82, 2.24) is 4.98 Å². The van der Waals surface area contributed by atoms with E-state index in [0.29, 0.717) is 10.7 Å². The summed E-state index contributed by atoms with van der Waals surface area (Å²) in [5.74, 6) is -0.158. The lowest BCUT2D eigenvalue weighted by Crippen LogP contribution is -2.14. The molecule has 1 amide bonds. The third-order valence-corrected chi connectivity index (χ3v) is 5.39. The predicted octanol–water partition coefficient (Wildman–Crippen LogP) is 5.80. The van der Waals surface area contributed by atoms with Crippen LogP contribution in [0.1, 0.15) is 10.4 Å². The second kappa shape index (κ2) is 8.29. The van der Waals surface area contributed by atoms with Crippen molar-refractivity contribution in [2.45, 2.75) is 0 Å². The van der Waals surface area contributed by atoms with Gasteiger partial charge in [-0.25, -0.2) is 4.98 Å². The van der Waals surface area contributed by atoms with Crippen molar-refractivity contribution in [2.24, 2.45) is 0 Å². The second-order valence-electron chi connectivity index (χ2n) is 6.88. The summed E-state index contributed by atoms with van der Waals surface area (Å²) in [7, 11) is 3.90. The lowest BCUT2D eigenvalue weighted by atomic mass is 10.0. The van der Waals surface area contributed by atoms with E-state index in [4.69, 9.17) is 0 Å². The van der Waals surface area contributed by atoms with Gasteiger partial charge in [0.2, 0.25) is 0 Å². The van der Waals surface area contributed by atoms with Crippen LogP contribution in [0.25, 0.3) is 22.4 Å². The lowest BCUT2D eigenvalue weighted by Gasteiger charge is -2.13. The predicted molar refractivity (Wildman–Crippen MR) is 122 cm³/mol. The zero-order chi connectivity index (χ0) is 20.2. The minimum absolute atomic E-state index is 0.158. The van der Waals surface area contributed by atoms with Crippen molar-refractivity contribution in [3.63, 3.8) is 0 Å². The number of anilines is 2. The molecule has 1 N–H and O–H groups in total. The number of rotatable bonds is 5. The fraction of sp³-hybridized carbons (Fsp3) is 0.0833. The van der Waals surface area contributed by atoms with Gasteiger partial charge in [0.25, 0.3) is 5.91 Å². The maximum Gasteiger partial charge on any atom is 0.257 e. The molecular weight excluding hydrogens is 378 g/mol. The molecular formula is C24H21N3OS. The van der Waals surface area contributed by atoms with Gasteiger partial charge in [0.05, 0.1) is 5.69 Å².